The Morgan fingerprint density at radius 1 is 0.786 bits per heavy atom. The van der Waals surface area contributed by atoms with Crippen molar-refractivity contribution in [3.63, 3.8) is 0 Å². The molecule has 28 heavy (non-hydrogen) atoms. The number of hydrogen-bond acceptors (Lipinski definition) is 7. The van der Waals surface area contributed by atoms with Crippen LogP contribution in [0.1, 0.15) is 10.4 Å². The fraction of sp³-hybridized carbons (Fsp3) is 0.0476. The summed E-state index contributed by atoms with van der Waals surface area (Å²) in [5.74, 6) is -0.410. The molecule has 0 saturated heterocycles. The lowest BCUT2D eigenvalue weighted by molar-refractivity contribution is 0.0600. The summed E-state index contributed by atoms with van der Waals surface area (Å²) >= 11 is 3.09. The molecule has 5 aromatic rings. The standard InChI is InChI=1S/C21H13N3O2S2/c1-26-21(25)12-10-15(19-23-13-6-2-4-8-17(13)27-19)22-16(11-12)20-24-14-7-3-5-9-18(14)28-20/h2-11H,1H3. The van der Waals surface area contributed by atoms with Gasteiger partial charge in [0.25, 0.3) is 0 Å². The van der Waals surface area contributed by atoms with E-state index in [-0.39, 0.29) is 0 Å². The Labute approximate surface area is 168 Å². The largest absolute Gasteiger partial charge is 0.465 e. The SMILES string of the molecule is COC(=O)c1cc(-c2nc3ccccc3s2)nc(-c2nc3ccccc3s2)c1. The normalized spacial score (nSPS) is 11.2. The van der Waals surface area contributed by atoms with Crippen LogP contribution in [-0.2, 0) is 4.74 Å². The second-order valence-corrected chi connectivity index (χ2v) is 8.15. The van der Waals surface area contributed by atoms with Gasteiger partial charge in [0.2, 0.25) is 0 Å². The van der Waals surface area contributed by atoms with E-state index in [0.717, 1.165) is 30.4 Å². The Balaban J connectivity index is 1.70. The molecule has 0 atom stereocenters. The number of rotatable bonds is 3. The van der Waals surface area contributed by atoms with Gasteiger partial charge in [-0.1, -0.05) is 24.3 Å². The van der Waals surface area contributed by atoms with Crippen LogP contribution in [0.25, 0.3) is 41.8 Å². The maximum absolute atomic E-state index is 12.2. The van der Waals surface area contributed by atoms with Gasteiger partial charge in [-0.15, -0.1) is 22.7 Å². The van der Waals surface area contributed by atoms with Gasteiger partial charge in [-0.05, 0) is 36.4 Å². The third kappa shape index (κ3) is 2.94. The lowest BCUT2D eigenvalue weighted by Crippen LogP contribution is -2.03. The minimum absolute atomic E-state index is 0.410. The average Bonchev–Trinajstić information content (AvgIpc) is 3.37. The quantitative estimate of drug-likeness (QED) is 0.376. The molecule has 0 aliphatic heterocycles. The summed E-state index contributed by atoms with van der Waals surface area (Å²) in [6.45, 7) is 0. The van der Waals surface area contributed by atoms with E-state index < -0.39 is 5.97 Å². The first kappa shape index (κ1) is 17.0. The summed E-state index contributed by atoms with van der Waals surface area (Å²) in [5, 5.41) is 1.52. The fourth-order valence-corrected chi connectivity index (χ4v) is 4.80. The van der Waals surface area contributed by atoms with Crippen molar-refractivity contribution in [2.24, 2.45) is 0 Å². The summed E-state index contributed by atoms with van der Waals surface area (Å²) in [6.07, 6.45) is 0. The van der Waals surface area contributed by atoms with Gasteiger partial charge < -0.3 is 4.74 Å². The average molecular weight is 403 g/mol. The van der Waals surface area contributed by atoms with Gasteiger partial charge >= 0.3 is 5.97 Å². The monoisotopic (exact) mass is 403 g/mol. The minimum atomic E-state index is -0.410. The molecule has 2 aromatic carbocycles. The highest BCUT2D eigenvalue weighted by Gasteiger charge is 2.17. The summed E-state index contributed by atoms with van der Waals surface area (Å²) in [6, 6.07) is 19.3. The van der Waals surface area contributed by atoms with Crippen molar-refractivity contribution in [3.8, 4) is 21.4 Å². The van der Waals surface area contributed by atoms with E-state index >= 15 is 0 Å². The van der Waals surface area contributed by atoms with Crippen molar-refractivity contribution in [2.75, 3.05) is 7.11 Å². The predicted molar refractivity (Wildman–Crippen MR) is 113 cm³/mol. The first-order valence-electron chi connectivity index (χ1n) is 8.53. The molecule has 0 radical (unpaired) electrons. The van der Waals surface area contributed by atoms with Crippen LogP contribution in [0.2, 0.25) is 0 Å². The van der Waals surface area contributed by atoms with Crippen LogP contribution in [0.4, 0.5) is 0 Å². The number of fused-ring (bicyclic) bond motifs is 2. The van der Waals surface area contributed by atoms with Crippen molar-refractivity contribution >= 4 is 49.1 Å². The number of carbonyl (C=O) groups excluding carboxylic acids is 1. The van der Waals surface area contributed by atoms with E-state index in [0.29, 0.717) is 17.0 Å². The highest BCUT2D eigenvalue weighted by atomic mass is 32.1. The topological polar surface area (TPSA) is 65.0 Å². The molecule has 0 amide bonds. The van der Waals surface area contributed by atoms with E-state index in [4.69, 9.17) is 9.72 Å². The molecule has 0 saturated carbocycles. The lowest BCUT2D eigenvalue weighted by Gasteiger charge is -2.05. The third-order valence-electron chi connectivity index (χ3n) is 4.27. The number of ether oxygens (including phenoxy) is 1. The Hall–Kier alpha value is -3.16. The van der Waals surface area contributed by atoms with Crippen LogP contribution in [0.5, 0.6) is 0 Å². The third-order valence-corrected chi connectivity index (χ3v) is 6.39. The van der Waals surface area contributed by atoms with Gasteiger partial charge in [-0.25, -0.2) is 19.7 Å². The molecular formula is C21H13N3O2S2. The van der Waals surface area contributed by atoms with Gasteiger partial charge in [-0.3, -0.25) is 0 Å². The van der Waals surface area contributed by atoms with Crippen molar-refractivity contribution in [1.82, 2.24) is 15.0 Å². The highest BCUT2D eigenvalue weighted by Crippen LogP contribution is 2.34. The minimum Gasteiger partial charge on any atom is -0.465 e. The molecule has 0 aliphatic rings. The van der Waals surface area contributed by atoms with Gasteiger partial charge in [0.05, 0.1) is 33.1 Å². The number of para-hydroxylation sites is 2. The number of methoxy groups -OCH3 is 1. The van der Waals surface area contributed by atoms with E-state index in [1.54, 1.807) is 34.8 Å². The van der Waals surface area contributed by atoms with E-state index in [2.05, 4.69) is 9.97 Å². The number of hydrogen-bond donors (Lipinski definition) is 0. The number of benzene rings is 2. The van der Waals surface area contributed by atoms with Crippen LogP contribution >= 0.6 is 22.7 Å². The molecule has 5 rings (SSSR count). The van der Waals surface area contributed by atoms with Crippen LogP contribution in [0, 0.1) is 0 Å². The molecule has 0 bridgehead atoms. The molecule has 3 aromatic heterocycles. The van der Waals surface area contributed by atoms with E-state index in [1.807, 2.05) is 48.5 Å². The molecule has 0 fully saturated rings. The number of thiazole rings is 2. The molecule has 0 N–H and O–H groups in total. The van der Waals surface area contributed by atoms with Gasteiger partial charge in [0.15, 0.2) is 0 Å². The van der Waals surface area contributed by atoms with Crippen molar-refractivity contribution in [1.29, 1.82) is 0 Å². The van der Waals surface area contributed by atoms with Gasteiger partial charge in [0.1, 0.15) is 21.4 Å². The highest BCUT2D eigenvalue weighted by molar-refractivity contribution is 7.22. The zero-order valence-corrected chi connectivity index (χ0v) is 16.4. The lowest BCUT2D eigenvalue weighted by atomic mass is 10.2. The summed E-state index contributed by atoms with van der Waals surface area (Å²) < 4.78 is 7.08. The number of carbonyl (C=O) groups is 1. The number of esters is 1. The van der Waals surface area contributed by atoms with Gasteiger partial charge in [-0.2, -0.15) is 0 Å². The van der Waals surface area contributed by atoms with Crippen molar-refractivity contribution in [3.05, 3.63) is 66.2 Å². The van der Waals surface area contributed by atoms with E-state index in [9.17, 15) is 4.79 Å². The number of aromatic nitrogens is 3. The smallest absolute Gasteiger partial charge is 0.338 e. The summed E-state index contributed by atoms with van der Waals surface area (Å²) in [5.41, 5.74) is 3.53. The molecule has 136 valence electrons. The second-order valence-electron chi connectivity index (χ2n) is 6.09. The van der Waals surface area contributed by atoms with Gasteiger partial charge in [0, 0.05) is 0 Å². The van der Waals surface area contributed by atoms with Crippen molar-refractivity contribution < 1.29 is 9.53 Å². The van der Waals surface area contributed by atoms with Crippen LogP contribution in [-0.4, -0.2) is 28.0 Å². The molecule has 3 heterocycles. The maximum Gasteiger partial charge on any atom is 0.338 e. The van der Waals surface area contributed by atoms with Crippen LogP contribution < -0.4 is 0 Å². The Morgan fingerprint density at radius 3 is 1.75 bits per heavy atom. The van der Waals surface area contributed by atoms with Crippen LogP contribution in [0.15, 0.2) is 60.7 Å². The van der Waals surface area contributed by atoms with Crippen LogP contribution in [0.3, 0.4) is 0 Å². The Kier molecular flexibility index (Phi) is 4.11. The van der Waals surface area contributed by atoms with Crippen molar-refractivity contribution in [2.45, 2.75) is 0 Å². The molecule has 0 aliphatic carbocycles. The molecule has 0 spiro atoms. The molecule has 5 nitrogen and oxygen atoms in total. The maximum atomic E-state index is 12.2. The predicted octanol–water partition coefficient (Wildman–Crippen LogP) is 5.42. The number of nitrogens with zero attached hydrogens (tertiary/aromatic N) is 3. The molecular weight excluding hydrogens is 390 g/mol. The number of pyridine rings is 1. The first-order chi connectivity index (χ1) is 13.7. The summed E-state index contributed by atoms with van der Waals surface area (Å²) in [4.78, 5) is 26.4. The zero-order chi connectivity index (χ0) is 19.1. The van der Waals surface area contributed by atoms with E-state index in [1.165, 1.54) is 7.11 Å². The zero-order valence-electron chi connectivity index (χ0n) is 14.7. The Bertz CT molecular complexity index is 1180. The Morgan fingerprint density at radius 2 is 1.29 bits per heavy atom. The second kappa shape index (κ2) is 6.78. The summed E-state index contributed by atoms with van der Waals surface area (Å²) in [7, 11) is 1.37. The fourth-order valence-electron chi connectivity index (χ4n) is 2.95. The molecule has 7 heteroatoms. The first-order valence-corrected chi connectivity index (χ1v) is 10.2. The molecule has 0 unspecified atom stereocenters.